The van der Waals surface area contributed by atoms with Crippen molar-refractivity contribution in [3.8, 4) is 5.75 Å². The monoisotopic (exact) mass is 408 g/mol. The molecule has 0 fully saturated rings. The van der Waals surface area contributed by atoms with Gasteiger partial charge >= 0.3 is 5.63 Å². The lowest BCUT2D eigenvalue weighted by atomic mass is 10.0. The summed E-state index contributed by atoms with van der Waals surface area (Å²) in [4.78, 5) is 36.1. The first-order valence-corrected chi connectivity index (χ1v) is 9.47. The first kappa shape index (κ1) is 21.1. The topological polar surface area (TPSA) is 109 Å². The molecule has 30 heavy (non-hydrogen) atoms. The zero-order valence-electron chi connectivity index (χ0n) is 17.1. The van der Waals surface area contributed by atoms with E-state index >= 15 is 0 Å². The van der Waals surface area contributed by atoms with Gasteiger partial charge in [0.25, 0.3) is 5.91 Å². The van der Waals surface area contributed by atoms with Crippen molar-refractivity contribution >= 4 is 22.8 Å². The van der Waals surface area contributed by atoms with Crippen molar-refractivity contribution in [1.29, 1.82) is 0 Å². The average Bonchev–Trinajstić information content (AvgIpc) is 2.73. The Hall–Kier alpha value is -3.61. The molecule has 1 heterocycles. The number of fused-ring (bicyclic) bond motifs is 1. The number of carboxylic acid groups (broad SMARTS) is 1. The molecule has 0 saturated carbocycles. The molecule has 0 aliphatic heterocycles. The van der Waals surface area contributed by atoms with Crippen LogP contribution in [0.1, 0.15) is 35.2 Å². The van der Waals surface area contributed by atoms with Gasteiger partial charge in [0.05, 0.1) is 12.0 Å². The van der Waals surface area contributed by atoms with Gasteiger partial charge < -0.3 is 24.4 Å². The number of hydrogen-bond acceptors (Lipinski definition) is 6. The van der Waals surface area contributed by atoms with Crippen molar-refractivity contribution in [2.45, 2.75) is 39.8 Å². The number of carbonyl (C=O) groups is 2. The third-order valence-corrected chi connectivity index (χ3v) is 5.15. The van der Waals surface area contributed by atoms with Gasteiger partial charge in [-0.05, 0) is 51.0 Å². The number of nitrogens with one attached hydrogen (secondary N) is 1. The van der Waals surface area contributed by atoms with Crippen LogP contribution in [0, 0.1) is 20.8 Å². The number of aliphatic carboxylic acids is 1. The summed E-state index contributed by atoms with van der Waals surface area (Å²) in [7, 11) is 0. The fourth-order valence-electron chi connectivity index (χ4n) is 3.18. The summed E-state index contributed by atoms with van der Waals surface area (Å²) in [6, 6.07) is 10.4. The molecule has 0 unspecified atom stereocenters. The van der Waals surface area contributed by atoms with Crippen LogP contribution in [0.15, 0.2) is 51.7 Å². The quantitative estimate of drug-likeness (QED) is 0.626. The summed E-state index contributed by atoms with van der Waals surface area (Å²) in [5.74, 6) is -1.67. The maximum Gasteiger partial charge on any atom is 0.339 e. The normalized spacial score (nSPS) is 12.9. The smallest absolute Gasteiger partial charge is 0.339 e. The molecule has 7 heteroatoms. The molecule has 0 radical (unpaired) electrons. The van der Waals surface area contributed by atoms with E-state index in [4.69, 9.17) is 9.15 Å². The molecule has 1 N–H and O–H groups in total. The fraction of sp³-hybridized carbons (Fsp3) is 0.261. The Balaban J connectivity index is 1.84. The van der Waals surface area contributed by atoms with E-state index in [0.29, 0.717) is 28.0 Å². The summed E-state index contributed by atoms with van der Waals surface area (Å²) < 4.78 is 11.2. The molecule has 3 rings (SSSR count). The van der Waals surface area contributed by atoms with E-state index in [1.54, 1.807) is 56.3 Å². The highest BCUT2D eigenvalue weighted by molar-refractivity contribution is 5.87. The van der Waals surface area contributed by atoms with Gasteiger partial charge in [-0.3, -0.25) is 4.79 Å². The largest absolute Gasteiger partial charge is 0.548 e. The Morgan fingerprint density at radius 1 is 1.00 bits per heavy atom. The summed E-state index contributed by atoms with van der Waals surface area (Å²) in [6.45, 7) is 6.78. The van der Waals surface area contributed by atoms with Gasteiger partial charge in [-0.25, -0.2) is 4.79 Å². The minimum absolute atomic E-state index is 0.362. The predicted molar refractivity (Wildman–Crippen MR) is 109 cm³/mol. The van der Waals surface area contributed by atoms with Gasteiger partial charge in [-0.1, -0.05) is 30.3 Å². The van der Waals surface area contributed by atoms with E-state index in [-0.39, 0.29) is 0 Å². The lowest BCUT2D eigenvalue weighted by Crippen LogP contribution is -2.45. The Labute approximate surface area is 173 Å². The minimum Gasteiger partial charge on any atom is -0.548 e. The van der Waals surface area contributed by atoms with Crippen molar-refractivity contribution in [3.05, 3.63) is 75.1 Å². The zero-order valence-corrected chi connectivity index (χ0v) is 17.1. The molecule has 0 saturated heterocycles. The summed E-state index contributed by atoms with van der Waals surface area (Å²) >= 11 is 0. The van der Waals surface area contributed by atoms with Crippen LogP contribution in [0.4, 0.5) is 0 Å². The molecule has 0 aliphatic carbocycles. The van der Waals surface area contributed by atoms with Crippen LogP contribution < -0.4 is 20.8 Å². The molecule has 2 atom stereocenters. The maximum absolute atomic E-state index is 12.6. The third-order valence-electron chi connectivity index (χ3n) is 5.15. The van der Waals surface area contributed by atoms with E-state index in [1.807, 2.05) is 6.92 Å². The Kier molecular flexibility index (Phi) is 5.91. The molecule has 0 spiro atoms. The summed E-state index contributed by atoms with van der Waals surface area (Å²) in [5.41, 5.74) is 2.30. The minimum atomic E-state index is -1.42. The molecule has 1 aromatic heterocycles. The number of carboxylic acids is 1. The molecule has 7 nitrogen and oxygen atoms in total. The van der Waals surface area contributed by atoms with Crippen LogP contribution in [0.5, 0.6) is 5.75 Å². The molecule has 3 aromatic rings. The summed E-state index contributed by atoms with van der Waals surface area (Å²) in [5, 5.41) is 14.7. The number of rotatable bonds is 6. The van der Waals surface area contributed by atoms with Crippen molar-refractivity contribution < 1.29 is 23.8 Å². The molecule has 0 aliphatic rings. The SMILES string of the molecule is Cc1c(C)c2ccc(O[C@@H](C)C(=O)N[C@H](C(=O)[O-])c3ccccc3)c(C)c2oc1=O. The van der Waals surface area contributed by atoms with Crippen LogP contribution in [0.25, 0.3) is 11.0 Å². The van der Waals surface area contributed by atoms with E-state index in [2.05, 4.69) is 5.32 Å². The highest BCUT2D eigenvalue weighted by Gasteiger charge is 2.22. The van der Waals surface area contributed by atoms with Crippen LogP contribution in [0.3, 0.4) is 0 Å². The number of aryl methyl sites for hydroxylation is 2. The van der Waals surface area contributed by atoms with Crippen molar-refractivity contribution in [2.75, 3.05) is 0 Å². The molecule has 0 bridgehead atoms. The number of hydrogen-bond donors (Lipinski definition) is 1. The number of benzene rings is 2. The molecular formula is C23H22NO6-. The lowest BCUT2D eigenvalue weighted by Gasteiger charge is -2.23. The van der Waals surface area contributed by atoms with Crippen molar-refractivity contribution in [3.63, 3.8) is 0 Å². The number of carbonyl (C=O) groups excluding carboxylic acids is 2. The maximum atomic E-state index is 12.6. The second-order valence-electron chi connectivity index (χ2n) is 7.14. The highest BCUT2D eigenvalue weighted by atomic mass is 16.5. The molecule has 2 aromatic carbocycles. The van der Waals surface area contributed by atoms with Crippen LogP contribution in [0.2, 0.25) is 0 Å². The first-order valence-electron chi connectivity index (χ1n) is 9.47. The second kappa shape index (κ2) is 8.41. The standard InChI is InChI=1S/C23H23NO6/c1-12-13(2)23(28)30-20-14(3)18(11-10-17(12)20)29-15(4)21(25)24-19(22(26)27)16-8-6-5-7-9-16/h5-11,15,19H,1-4H3,(H,24,25)(H,26,27)/p-1/t15-,19-/m0/s1. The van der Waals surface area contributed by atoms with Crippen molar-refractivity contribution in [1.82, 2.24) is 5.32 Å². The molecular weight excluding hydrogens is 386 g/mol. The fourth-order valence-corrected chi connectivity index (χ4v) is 3.18. The van der Waals surface area contributed by atoms with E-state index < -0.39 is 29.6 Å². The van der Waals surface area contributed by atoms with Crippen LogP contribution in [-0.4, -0.2) is 18.0 Å². The average molecular weight is 408 g/mol. The van der Waals surface area contributed by atoms with E-state index in [1.165, 1.54) is 6.92 Å². The Morgan fingerprint density at radius 2 is 1.67 bits per heavy atom. The predicted octanol–water partition coefficient (Wildman–Crippen LogP) is 2.09. The lowest BCUT2D eigenvalue weighted by molar-refractivity contribution is -0.308. The third kappa shape index (κ3) is 4.05. The molecule has 1 amide bonds. The van der Waals surface area contributed by atoms with Gasteiger partial charge in [0.1, 0.15) is 11.3 Å². The van der Waals surface area contributed by atoms with Crippen LogP contribution >= 0.6 is 0 Å². The van der Waals surface area contributed by atoms with Gasteiger partial charge in [-0.2, -0.15) is 0 Å². The van der Waals surface area contributed by atoms with Gasteiger partial charge in [0, 0.05) is 16.5 Å². The Bertz CT molecular complexity index is 1170. The van der Waals surface area contributed by atoms with Gasteiger partial charge in [0.15, 0.2) is 6.10 Å². The molecule has 156 valence electrons. The zero-order chi connectivity index (χ0) is 22.0. The second-order valence-corrected chi connectivity index (χ2v) is 7.14. The van der Waals surface area contributed by atoms with Gasteiger partial charge in [0.2, 0.25) is 0 Å². The Morgan fingerprint density at radius 3 is 2.30 bits per heavy atom. The summed E-state index contributed by atoms with van der Waals surface area (Å²) in [6.07, 6.45) is -0.995. The first-order chi connectivity index (χ1) is 14.2. The number of amides is 1. The van der Waals surface area contributed by atoms with Gasteiger partial charge in [-0.15, -0.1) is 0 Å². The van der Waals surface area contributed by atoms with Crippen LogP contribution in [-0.2, 0) is 9.59 Å². The van der Waals surface area contributed by atoms with E-state index in [0.717, 1.165) is 10.9 Å². The number of ether oxygens (including phenoxy) is 1. The van der Waals surface area contributed by atoms with Crippen molar-refractivity contribution in [2.24, 2.45) is 0 Å². The van der Waals surface area contributed by atoms with E-state index in [9.17, 15) is 19.5 Å². The highest BCUT2D eigenvalue weighted by Crippen LogP contribution is 2.30.